The number of aryl methyl sites for hydroxylation is 2. The molecule has 5 rings (SSSR count). The van der Waals surface area contributed by atoms with E-state index in [1.54, 1.807) is 0 Å². The van der Waals surface area contributed by atoms with Crippen LogP contribution in [-0.4, -0.2) is 32.7 Å². The number of hydrogen-bond acceptors (Lipinski definition) is 3. The Labute approximate surface area is 270 Å². The van der Waals surface area contributed by atoms with Crippen LogP contribution in [0.3, 0.4) is 0 Å². The Hall–Kier alpha value is -3.96. The van der Waals surface area contributed by atoms with Gasteiger partial charge in [-0.05, 0) is 93.2 Å². The molecule has 1 unspecified atom stereocenters. The highest BCUT2D eigenvalue weighted by molar-refractivity contribution is 6.99. The number of rotatable bonds is 11. The lowest BCUT2D eigenvalue weighted by molar-refractivity contribution is 0.117. The molecule has 0 bridgehead atoms. The van der Waals surface area contributed by atoms with E-state index >= 15 is 0 Å². The highest BCUT2D eigenvalue weighted by Gasteiger charge is 2.50. The molecule has 0 spiro atoms. The smallest absolute Gasteiger partial charge is 0.261 e. The third kappa shape index (κ3) is 7.15. The molecule has 45 heavy (non-hydrogen) atoms. The molecule has 1 aliphatic heterocycles. The summed E-state index contributed by atoms with van der Waals surface area (Å²) in [5.74, 6) is 0.362. The molecule has 0 aliphatic carbocycles. The first-order valence-corrected chi connectivity index (χ1v) is 17.8. The van der Waals surface area contributed by atoms with Crippen LogP contribution in [-0.2, 0) is 9.16 Å². The van der Waals surface area contributed by atoms with Gasteiger partial charge in [-0.3, -0.25) is 0 Å². The molecule has 4 heteroatoms. The molecular formula is C41H46O3Si. The van der Waals surface area contributed by atoms with Crippen LogP contribution in [0.1, 0.15) is 55.9 Å². The maximum atomic E-state index is 10.3. The zero-order chi connectivity index (χ0) is 32.0. The summed E-state index contributed by atoms with van der Waals surface area (Å²) in [5.41, 5.74) is 7.43. The number of aromatic hydroxyl groups is 1. The van der Waals surface area contributed by atoms with Gasteiger partial charge >= 0.3 is 0 Å². The van der Waals surface area contributed by atoms with Crippen LogP contribution in [0.15, 0.2) is 127 Å². The molecule has 0 saturated carbocycles. The van der Waals surface area contributed by atoms with E-state index in [1.807, 2.05) is 32.0 Å². The number of phenols is 1. The molecule has 0 saturated heterocycles. The molecule has 3 nitrogen and oxygen atoms in total. The van der Waals surface area contributed by atoms with Crippen molar-refractivity contribution in [2.45, 2.75) is 58.6 Å². The number of hydrogen-bond donors (Lipinski definition) is 1. The fraction of sp³-hybridized carbons (Fsp3) is 0.268. The summed E-state index contributed by atoms with van der Waals surface area (Å²) in [6.45, 7) is 16.4. The van der Waals surface area contributed by atoms with Crippen molar-refractivity contribution in [2.24, 2.45) is 0 Å². The fourth-order valence-corrected chi connectivity index (χ4v) is 11.2. The largest absolute Gasteiger partial charge is 0.507 e. The lowest BCUT2D eigenvalue weighted by atomic mass is 9.93. The average Bonchev–Trinajstić information content (AvgIpc) is 3.52. The van der Waals surface area contributed by atoms with Crippen molar-refractivity contribution in [3.05, 3.63) is 149 Å². The van der Waals surface area contributed by atoms with Gasteiger partial charge in [-0.2, -0.15) is 0 Å². The van der Waals surface area contributed by atoms with Gasteiger partial charge in [-0.15, -0.1) is 0 Å². The molecule has 4 aromatic carbocycles. The van der Waals surface area contributed by atoms with Gasteiger partial charge in [-0.1, -0.05) is 130 Å². The van der Waals surface area contributed by atoms with Crippen LogP contribution in [0.5, 0.6) is 5.75 Å². The van der Waals surface area contributed by atoms with E-state index in [4.69, 9.17) is 9.16 Å². The van der Waals surface area contributed by atoms with Crippen molar-refractivity contribution >= 4 is 30.3 Å². The number of ether oxygens (including phenoxy) is 1. The van der Waals surface area contributed by atoms with Crippen LogP contribution < -0.4 is 10.4 Å². The monoisotopic (exact) mass is 614 g/mol. The van der Waals surface area contributed by atoms with Crippen LogP contribution in [0.2, 0.25) is 5.04 Å². The normalized spacial score (nSPS) is 15.6. The van der Waals surface area contributed by atoms with Crippen molar-refractivity contribution in [3.8, 4) is 5.75 Å². The zero-order valence-electron chi connectivity index (χ0n) is 27.3. The molecule has 0 aromatic heterocycles. The van der Waals surface area contributed by atoms with E-state index in [0.29, 0.717) is 19.0 Å². The highest BCUT2D eigenvalue weighted by atomic mass is 28.4. The maximum Gasteiger partial charge on any atom is 0.261 e. The van der Waals surface area contributed by atoms with Gasteiger partial charge in [0.05, 0.1) is 19.3 Å². The summed E-state index contributed by atoms with van der Waals surface area (Å²) in [6.07, 6.45) is 6.05. The minimum absolute atomic E-state index is 0.0457. The molecule has 1 atom stereocenters. The van der Waals surface area contributed by atoms with Crippen LogP contribution >= 0.6 is 0 Å². The highest BCUT2D eigenvalue weighted by Crippen LogP contribution is 2.38. The Morgan fingerprint density at radius 3 is 1.96 bits per heavy atom. The van der Waals surface area contributed by atoms with Crippen LogP contribution in [0.4, 0.5) is 0 Å². The fourth-order valence-electron chi connectivity index (χ4n) is 6.64. The molecule has 0 radical (unpaired) electrons. The van der Waals surface area contributed by atoms with Gasteiger partial charge in [0.1, 0.15) is 5.75 Å². The quantitative estimate of drug-likeness (QED) is 0.136. The van der Waals surface area contributed by atoms with E-state index < -0.39 is 8.32 Å². The lowest BCUT2D eigenvalue weighted by Gasteiger charge is -2.43. The second-order valence-electron chi connectivity index (χ2n) is 13.1. The molecule has 1 aliphatic rings. The van der Waals surface area contributed by atoms with Crippen molar-refractivity contribution in [1.82, 2.24) is 0 Å². The van der Waals surface area contributed by atoms with E-state index in [0.717, 1.165) is 40.7 Å². The van der Waals surface area contributed by atoms with E-state index in [9.17, 15) is 5.11 Å². The third-order valence-electron chi connectivity index (χ3n) is 8.91. The summed E-state index contributed by atoms with van der Waals surface area (Å²) in [5, 5.41) is 12.7. The summed E-state index contributed by atoms with van der Waals surface area (Å²) < 4.78 is 13.5. The Bertz CT molecular complexity index is 1600. The topological polar surface area (TPSA) is 38.7 Å². The summed E-state index contributed by atoms with van der Waals surface area (Å²) in [7, 11) is -2.68. The lowest BCUT2D eigenvalue weighted by Crippen LogP contribution is -2.66. The van der Waals surface area contributed by atoms with Crippen molar-refractivity contribution < 1.29 is 14.3 Å². The zero-order valence-corrected chi connectivity index (χ0v) is 28.3. The predicted molar refractivity (Wildman–Crippen MR) is 192 cm³/mol. The van der Waals surface area contributed by atoms with E-state index in [-0.39, 0.29) is 11.1 Å². The van der Waals surface area contributed by atoms with Gasteiger partial charge in [-0.25, -0.2) is 0 Å². The van der Waals surface area contributed by atoms with E-state index in [1.165, 1.54) is 21.5 Å². The second-order valence-corrected chi connectivity index (χ2v) is 17.4. The predicted octanol–water partition coefficient (Wildman–Crippen LogP) is 8.79. The molecule has 0 fully saturated rings. The molecule has 232 valence electrons. The number of benzene rings is 4. The van der Waals surface area contributed by atoms with Crippen LogP contribution in [0, 0.1) is 13.8 Å². The van der Waals surface area contributed by atoms with Gasteiger partial charge in [0.2, 0.25) is 0 Å². The third-order valence-corrected chi connectivity index (χ3v) is 13.9. The Morgan fingerprint density at radius 2 is 1.42 bits per heavy atom. The van der Waals surface area contributed by atoms with Crippen molar-refractivity contribution in [1.29, 1.82) is 0 Å². The SMILES string of the molecule is C=C(CO[Si](c1ccccc1)(c1ccccc1)C(C)(C)C)C1=CCOC1CC/C(=C/c1cc(C)c(O)c(C)c1)c1ccccc1. The molecule has 4 aromatic rings. The summed E-state index contributed by atoms with van der Waals surface area (Å²) in [6, 6.07) is 36.1. The van der Waals surface area contributed by atoms with E-state index in [2.05, 4.69) is 124 Å². The van der Waals surface area contributed by atoms with Crippen molar-refractivity contribution in [2.75, 3.05) is 13.2 Å². The van der Waals surface area contributed by atoms with Crippen LogP contribution in [0.25, 0.3) is 11.6 Å². The number of allylic oxidation sites excluding steroid dienone is 1. The van der Waals surface area contributed by atoms with Gasteiger partial charge in [0, 0.05) is 0 Å². The molecule has 0 amide bonds. The second kappa shape index (κ2) is 14.0. The minimum Gasteiger partial charge on any atom is -0.507 e. The van der Waals surface area contributed by atoms with Crippen molar-refractivity contribution in [3.63, 3.8) is 0 Å². The average molecular weight is 615 g/mol. The molecule has 1 N–H and O–H groups in total. The van der Waals surface area contributed by atoms with Gasteiger partial charge in [0.25, 0.3) is 8.32 Å². The van der Waals surface area contributed by atoms with Gasteiger partial charge < -0.3 is 14.3 Å². The standard InChI is InChI=1S/C41H46O3Si/c1-30-26-33(27-31(2)40(30)42)28-35(34-16-10-7-11-17-34)22-23-39-38(24-25-43-39)32(3)29-44-45(41(4,5)6,36-18-12-8-13-19-36)37-20-14-9-15-21-37/h7-21,24,26-28,39,42H,3,22-23,25,29H2,1-2,4-6H3/b35-28-. The first-order valence-electron chi connectivity index (χ1n) is 15.9. The van der Waals surface area contributed by atoms with Gasteiger partial charge in [0.15, 0.2) is 0 Å². The first kappa shape index (κ1) is 32.4. The maximum absolute atomic E-state index is 10.3. The Morgan fingerprint density at radius 1 is 0.889 bits per heavy atom. The summed E-state index contributed by atoms with van der Waals surface area (Å²) >= 11 is 0. The Kier molecular flexibility index (Phi) is 10.1. The first-order chi connectivity index (χ1) is 21.6. The summed E-state index contributed by atoms with van der Waals surface area (Å²) in [4.78, 5) is 0. The minimum atomic E-state index is -2.68. The number of phenolic OH excluding ortho intramolecular Hbond substituents is 1. The Balaban J connectivity index is 1.37. The molecule has 1 heterocycles. The molecular weight excluding hydrogens is 569 g/mol.